The van der Waals surface area contributed by atoms with E-state index in [9.17, 15) is 18.9 Å². The van der Waals surface area contributed by atoms with Gasteiger partial charge in [0.1, 0.15) is 12.8 Å². The molecule has 1 aliphatic rings. The highest BCUT2D eigenvalue weighted by Gasteiger charge is 2.40. The van der Waals surface area contributed by atoms with Crippen molar-refractivity contribution in [1.82, 2.24) is 9.55 Å². The maximum Gasteiger partial charge on any atom is 0.756 e. The van der Waals surface area contributed by atoms with E-state index in [1.165, 1.54) is 94.7 Å². The number of rotatable bonds is 25. The quantitative estimate of drug-likeness (QED) is 0.0277. The Hall–Kier alpha value is -2.76. The molecule has 0 spiro atoms. The van der Waals surface area contributed by atoms with Crippen LogP contribution in [0.2, 0.25) is 0 Å². The highest BCUT2D eigenvalue weighted by molar-refractivity contribution is 7.34. The van der Waals surface area contributed by atoms with E-state index in [-0.39, 0.29) is 19.6 Å². The largest absolute Gasteiger partial charge is 0.756 e. The van der Waals surface area contributed by atoms with Gasteiger partial charge in [0.25, 0.3) is 5.56 Å². The molecule has 1 N–H and O–H groups in total. The van der Waals surface area contributed by atoms with Gasteiger partial charge in [-0.3, -0.25) is 14.3 Å². The van der Waals surface area contributed by atoms with Gasteiger partial charge in [0, 0.05) is 47.3 Å². The van der Waals surface area contributed by atoms with Crippen molar-refractivity contribution in [2.75, 3.05) is 26.4 Å². The monoisotopic (exact) mass is 656 g/mol. The molecule has 254 valence electrons. The fourth-order valence-corrected chi connectivity index (χ4v) is 5.58. The second-order valence-corrected chi connectivity index (χ2v) is 12.3. The van der Waals surface area contributed by atoms with Crippen LogP contribution in [0.1, 0.15) is 121 Å². The summed E-state index contributed by atoms with van der Waals surface area (Å²) in [7, 11) is -2.88. The molecule has 0 radical (unpaired) electrons. The molecule has 2 rings (SSSR count). The summed E-state index contributed by atoms with van der Waals surface area (Å²) in [5, 5.41) is 3.65. The van der Waals surface area contributed by atoms with Crippen LogP contribution in [0.25, 0.3) is 10.4 Å². The third-order valence-electron chi connectivity index (χ3n) is 7.65. The first kappa shape index (κ1) is 38.4. The Bertz CT molecular complexity index is 1170. The second kappa shape index (κ2) is 23.6. The van der Waals surface area contributed by atoms with Crippen molar-refractivity contribution < 1.29 is 32.6 Å². The lowest BCUT2D eigenvalue weighted by Gasteiger charge is -2.14. The molecule has 1 aromatic rings. The molecule has 2 heterocycles. The van der Waals surface area contributed by atoms with E-state index in [2.05, 4.69) is 26.5 Å². The zero-order chi connectivity index (χ0) is 32.7. The van der Waals surface area contributed by atoms with E-state index in [1.807, 2.05) is 0 Å². The van der Waals surface area contributed by atoms with Gasteiger partial charge in [-0.25, -0.2) is 4.79 Å². The van der Waals surface area contributed by atoms with Gasteiger partial charge < -0.3 is 14.2 Å². The van der Waals surface area contributed by atoms with Crippen LogP contribution in [0.4, 0.5) is 4.79 Å². The standard InChI is InChI=1S/C30H50N5O9P/c1-3-4-5-6-7-8-9-10-11-12-13-14-15-16-18-40-19-17-20-41-30(38)44-45(39)42-23-26-25(33-34-31)21-27(43-26)35-22-24(2)28(36)32-29(35)37/h22,25-27H,3-21,23H2,1-2H3/p+1/t25-,26+,27+/m0/s1. The van der Waals surface area contributed by atoms with Crippen LogP contribution in [0.15, 0.2) is 20.9 Å². The molecule has 14 nitrogen and oxygen atoms in total. The van der Waals surface area contributed by atoms with Crippen molar-refractivity contribution in [3.8, 4) is 0 Å². The number of carbonyl (C=O) groups is 1. The number of hydrogen-bond acceptors (Lipinski definition) is 10. The zero-order valence-electron chi connectivity index (χ0n) is 26.9. The Morgan fingerprint density at radius 2 is 1.60 bits per heavy atom. The Balaban J connectivity index is 1.46. The fourth-order valence-electron chi connectivity index (χ4n) is 5.09. The van der Waals surface area contributed by atoms with Gasteiger partial charge in [-0.15, -0.1) is 9.05 Å². The third-order valence-corrected chi connectivity index (χ3v) is 8.31. The number of H-pyrrole nitrogens is 1. The average Bonchev–Trinajstić information content (AvgIpc) is 3.41. The number of nitrogens with one attached hydrogen (secondary N) is 1. The lowest BCUT2D eigenvalue weighted by atomic mass is 10.0. The summed E-state index contributed by atoms with van der Waals surface area (Å²) in [6.45, 7) is 4.59. The number of azide groups is 1. The van der Waals surface area contributed by atoms with Crippen LogP contribution in [0, 0.1) is 6.92 Å². The molecule has 4 atom stereocenters. The Morgan fingerprint density at radius 3 is 2.22 bits per heavy atom. The van der Waals surface area contributed by atoms with Gasteiger partial charge in [-0.05, 0) is 18.9 Å². The first-order chi connectivity index (χ1) is 21.8. The summed E-state index contributed by atoms with van der Waals surface area (Å²) in [6, 6.07) is -0.751. The van der Waals surface area contributed by atoms with Crippen LogP contribution in [-0.4, -0.2) is 54.3 Å². The summed E-state index contributed by atoms with van der Waals surface area (Å²) < 4.78 is 39.2. The van der Waals surface area contributed by atoms with Crippen LogP contribution in [0.5, 0.6) is 0 Å². The molecule has 1 aliphatic heterocycles. The number of unbranched alkanes of at least 4 members (excludes halogenated alkanes) is 13. The highest BCUT2D eigenvalue weighted by atomic mass is 31.1. The highest BCUT2D eigenvalue weighted by Crippen LogP contribution is 2.33. The van der Waals surface area contributed by atoms with E-state index < -0.39 is 44.0 Å². The number of aryl methyl sites for hydroxylation is 1. The Labute approximate surface area is 266 Å². The topological polar surface area (TPSA) is 184 Å². The maximum atomic E-state index is 12.2. The van der Waals surface area contributed by atoms with Crippen molar-refractivity contribution >= 4 is 14.4 Å². The van der Waals surface area contributed by atoms with Crippen molar-refractivity contribution in [3.05, 3.63) is 43.0 Å². The zero-order valence-corrected chi connectivity index (χ0v) is 27.8. The molecule has 1 saturated heterocycles. The van der Waals surface area contributed by atoms with Gasteiger partial charge in [0.05, 0.1) is 18.8 Å². The van der Waals surface area contributed by atoms with E-state index in [4.69, 9.17) is 24.3 Å². The van der Waals surface area contributed by atoms with Crippen LogP contribution < -0.4 is 11.2 Å². The normalized spacial score (nSPS) is 18.0. The lowest BCUT2D eigenvalue weighted by molar-refractivity contribution is -0.0235. The molecule has 0 saturated carbocycles. The van der Waals surface area contributed by atoms with Gasteiger partial charge >= 0.3 is 20.1 Å². The van der Waals surface area contributed by atoms with E-state index in [1.54, 1.807) is 0 Å². The SMILES string of the molecule is CCCCCCCCCCCCCCCCOCCCOC(=O)O[P+](=O)OC[C@H]1O[C@@H](n2cc(C)c(=O)[nH]c2=O)C[C@@H]1N=[N+]=[N-]. The molecule has 45 heavy (non-hydrogen) atoms. The van der Waals surface area contributed by atoms with E-state index >= 15 is 0 Å². The molecule has 0 bridgehead atoms. The predicted octanol–water partition coefficient (Wildman–Crippen LogP) is 7.53. The molecule has 0 aliphatic carbocycles. The average molecular weight is 657 g/mol. The minimum Gasteiger partial charge on any atom is -0.431 e. The molecule has 0 aromatic carbocycles. The minimum atomic E-state index is -2.88. The molecule has 1 fully saturated rings. The van der Waals surface area contributed by atoms with Crippen molar-refractivity contribution in [3.63, 3.8) is 0 Å². The van der Waals surface area contributed by atoms with Crippen molar-refractivity contribution in [2.45, 2.75) is 135 Å². The first-order valence-corrected chi connectivity index (χ1v) is 17.5. The fraction of sp³-hybridized carbons (Fsp3) is 0.833. The molecule has 15 heteroatoms. The molecule has 1 unspecified atom stereocenters. The van der Waals surface area contributed by atoms with Crippen LogP contribution >= 0.6 is 8.25 Å². The first-order valence-electron chi connectivity index (χ1n) is 16.4. The summed E-state index contributed by atoms with van der Waals surface area (Å²) in [5.74, 6) is 0. The molecule has 1 aromatic heterocycles. The Morgan fingerprint density at radius 1 is 1.00 bits per heavy atom. The Kier molecular flexibility index (Phi) is 20.1. The predicted molar refractivity (Wildman–Crippen MR) is 169 cm³/mol. The number of ether oxygens (including phenoxy) is 3. The van der Waals surface area contributed by atoms with Crippen molar-refractivity contribution in [1.29, 1.82) is 0 Å². The van der Waals surface area contributed by atoms with Gasteiger partial charge in [0.15, 0.2) is 0 Å². The third kappa shape index (κ3) is 16.4. The van der Waals surface area contributed by atoms with Crippen LogP contribution in [-0.2, 0) is 27.8 Å². The number of carbonyl (C=O) groups excluding carboxylic acids is 1. The van der Waals surface area contributed by atoms with Crippen LogP contribution in [0.3, 0.4) is 0 Å². The number of aromatic nitrogens is 2. The summed E-state index contributed by atoms with van der Waals surface area (Å²) in [4.78, 5) is 40.6. The van der Waals surface area contributed by atoms with E-state index in [0.29, 0.717) is 25.2 Å². The lowest BCUT2D eigenvalue weighted by Crippen LogP contribution is -2.33. The minimum absolute atomic E-state index is 0.0421. The van der Waals surface area contributed by atoms with Gasteiger partial charge in [0.2, 0.25) is 0 Å². The molecular formula is C30H51N5O9P+. The second-order valence-electron chi connectivity index (χ2n) is 11.4. The van der Waals surface area contributed by atoms with E-state index in [0.717, 1.165) is 12.8 Å². The molecule has 0 amide bonds. The van der Waals surface area contributed by atoms with Crippen molar-refractivity contribution in [2.24, 2.45) is 5.11 Å². The number of aromatic amines is 1. The smallest absolute Gasteiger partial charge is 0.431 e. The summed E-state index contributed by atoms with van der Waals surface area (Å²) in [6.07, 6.45) is 17.3. The maximum absolute atomic E-state index is 12.2. The number of hydrogen-bond donors (Lipinski definition) is 1. The summed E-state index contributed by atoms with van der Waals surface area (Å²) in [5.41, 5.74) is 7.97. The summed E-state index contributed by atoms with van der Waals surface area (Å²) >= 11 is 0. The number of nitrogens with zero attached hydrogens (tertiary/aromatic N) is 4. The van der Waals surface area contributed by atoms with Gasteiger partial charge in [-0.2, -0.15) is 4.79 Å². The molecular weight excluding hydrogens is 605 g/mol. The van der Waals surface area contributed by atoms with Gasteiger partial charge in [-0.1, -0.05) is 95.5 Å².